The van der Waals surface area contributed by atoms with E-state index in [4.69, 9.17) is 5.11 Å². The third-order valence-corrected chi connectivity index (χ3v) is 5.10. The second-order valence-electron chi connectivity index (χ2n) is 5.61. The van der Waals surface area contributed by atoms with Crippen molar-refractivity contribution in [1.82, 2.24) is 4.31 Å². The van der Waals surface area contributed by atoms with Crippen LogP contribution in [-0.2, 0) is 16.4 Å². The monoisotopic (exact) mass is 297 g/mol. The van der Waals surface area contributed by atoms with Gasteiger partial charge in [-0.1, -0.05) is 18.2 Å². The lowest BCUT2D eigenvalue weighted by atomic mass is 10.1. The Bertz CT molecular complexity index is 541. The van der Waals surface area contributed by atoms with E-state index in [1.54, 1.807) is 30.3 Å². The van der Waals surface area contributed by atoms with Gasteiger partial charge in [-0.2, -0.15) is 4.31 Å². The molecule has 0 atom stereocenters. The topological polar surface area (TPSA) is 57.6 Å². The molecule has 0 saturated heterocycles. The average molecular weight is 297 g/mol. The molecule has 1 rings (SSSR count). The first kappa shape index (κ1) is 16.9. The second-order valence-corrected chi connectivity index (χ2v) is 7.48. The molecule has 0 bridgehead atoms. The first-order chi connectivity index (χ1) is 9.23. The van der Waals surface area contributed by atoms with E-state index in [0.29, 0.717) is 6.42 Å². The molecule has 112 valence electrons. The Morgan fingerprint density at radius 3 is 2.20 bits per heavy atom. The zero-order valence-electron chi connectivity index (χ0n) is 12.3. The molecular formula is C15H23NO3S. The van der Waals surface area contributed by atoms with E-state index >= 15 is 0 Å². The average Bonchev–Trinajstić information content (AvgIpc) is 2.35. The fraction of sp³-hybridized carbons (Fsp3) is 0.467. The molecule has 0 heterocycles. The van der Waals surface area contributed by atoms with Gasteiger partial charge in [0.2, 0.25) is 10.0 Å². The van der Waals surface area contributed by atoms with Crippen LogP contribution in [0.5, 0.6) is 0 Å². The van der Waals surface area contributed by atoms with Crippen LogP contribution in [0.3, 0.4) is 0 Å². The number of rotatable bonds is 6. The maximum atomic E-state index is 12.7. The highest BCUT2D eigenvalue weighted by Crippen LogP contribution is 2.24. The molecule has 0 aliphatic heterocycles. The van der Waals surface area contributed by atoms with Crippen molar-refractivity contribution >= 4 is 10.0 Å². The molecule has 20 heavy (non-hydrogen) atoms. The lowest BCUT2D eigenvalue weighted by Crippen LogP contribution is -2.45. The van der Waals surface area contributed by atoms with E-state index in [9.17, 15) is 8.42 Å². The molecular weight excluding hydrogens is 274 g/mol. The summed E-state index contributed by atoms with van der Waals surface area (Å²) in [5.41, 5.74) is 0.397. The summed E-state index contributed by atoms with van der Waals surface area (Å²) in [4.78, 5) is 0.260. The minimum atomic E-state index is -3.55. The van der Waals surface area contributed by atoms with Crippen LogP contribution in [0.1, 0.15) is 26.3 Å². The van der Waals surface area contributed by atoms with Crippen molar-refractivity contribution < 1.29 is 13.5 Å². The minimum absolute atomic E-state index is 0.0523. The molecule has 4 nitrogen and oxygen atoms in total. The highest BCUT2D eigenvalue weighted by molar-refractivity contribution is 7.89. The first-order valence-corrected chi connectivity index (χ1v) is 8.01. The molecule has 0 radical (unpaired) electrons. The number of aliphatic hydroxyl groups excluding tert-OH is 1. The number of hydrogen-bond acceptors (Lipinski definition) is 3. The summed E-state index contributed by atoms with van der Waals surface area (Å²) in [5, 5.41) is 8.88. The lowest BCUT2D eigenvalue weighted by molar-refractivity contribution is 0.270. The van der Waals surface area contributed by atoms with Crippen LogP contribution in [0.15, 0.2) is 41.8 Å². The highest BCUT2D eigenvalue weighted by Gasteiger charge is 2.32. The molecule has 0 aliphatic rings. The van der Waals surface area contributed by atoms with E-state index in [1.165, 1.54) is 4.31 Å². The van der Waals surface area contributed by atoms with Crippen molar-refractivity contribution in [2.45, 2.75) is 37.6 Å². The van der Waals surface area contributed by atoms with Gasteiger partial charge in [0.05, 0.1) is 4.90 Å². The van der Waals surface area contributed by atoms with Gasteiger partial charge in [0, 0.05) is 18.7 Å². The van der Waals surface area contributed by atoms with E-state index < -0.39 is 15.6 Å². The predicted molar refractivity (Wildman–Crippen MR) is 81.1 cm³/mol. The molecule has 1 aromatic carbocycles. The van der Waals surface area contributed by atoms with Gasteiger partial charge in [-0.3, -0.25) is 0 Å². The van der Waals surface area contributed by atoms with Gasteiger partial charge in [0.15, 0.2) is 0 Å². The smallest absolute Gasteiger partial charge is 0.243 e. The summed E-state index contributed by atoms with van der Waals surface area (Å²) in [6.45, 7) is 9.51. The van der Waals surface area contributed by atoms with Gasteiger partial charge >= 0.3 is 0 Å². The first-order valence-electron chi connectivity index (χ1n) is 6.57. The van der Waals surface area contributed by atoms with E-state index in [0.717, 1.165) is 5.56 Å². The van der Waals surface area contributed by atoms with Gasteiger partial charge < -0.3 is 5.11 Å². The summed E-state index contributed by atoms with van der Waals surface area (Å²) >= 11 is 0. The summed E-state index contributed by atoms with van der Waals surface area (Å²) in [6.07, 6.45) is 2.11. The summed E-state index contributed by atoms with van der Waals surface area (Å²) in [7, 11) is -3.55. The molecule has 0 spiro atoms. The van der Waals surface area contributed by atoms with E-state index in [1.807, 2.05) is 20.8 Å². The maximum Gasteiger partial charge on any atom is 0.243 e. The Balaban J connectivity index is 3.16. The molecule has 0 aromatic heterocycles. The SMILES string of the molecule is C=CCN(C(C)(C)C)S(=O)(=O)c1ccc(CCO)cc1. The summed E-state index contributed by atoms with van der Waals surface area (Å²) < 4.78 is 26.8. The standard InChI is InChI=1S/C15H23NO3S/c1-5-11-16(15(2,3)4)20(18,19)14-8-6-13(7-9-14)10-12-17/h5-9,17H,1,10-12H2,2-4H3. The normalized spacial score (nSPS) is 12.7. The third-order valence-electron chi connectivity index (χ3n) is 2.95. The molecule has 1 aromatic rings. The van der Waals surface area contributed by atoms with Gasteiger partial charge in [-0.25, -0.2) is 8.42 Å². The molecule has 0 amide bonds. The van der Waals surface area contributed by atoms with Crippen molar-refractivity contribution in [2.75, 3.05) is 13.2 Å². The third kappa shape index (κ3) is 3.91. The fourth-order valence-electron chi connectivity index (χ4n) is 1.93. The largest absolute Gasteiger partial charge is 0.396 e. The van der Waals surface area contributed by atoms with Gasteiger partial charge in [-0.15, -0.1) is 6.58 Å². The van der Waals surface area contributed by atoms with Crippen molar-refractivity contribution in [2.24, 2.45) is 0 Å². The Morgan fingerprint density at radius 1 is 1.25 bits per heavy atom. The molecule has 0 fully saturated rings. The highest BCUT2D eigenvalue weighted by atomic mass is 32.2. The summed E-state index contributed by atoms with van der Waals surface area (Å²) in [6, 6.07) is 6.64. The Morgan fingerprint density at radius 2 is 1.80 bits per heavy atom. The molecule has 5 heteroatoms. The van der Waals surface area contributed by atoms with Crippen molar-refractivity contribution in [3.63, 3.8) is 0 Å². The zero-order chi connectivity index (χ0) is 15.4. The van der Waals surface area contributed by atoms with Crippen molar-refractivity contribution in [3.05, 3.63) is 42.5 Å². The number of benzene rings is 1. The van der Waals surface area contributed by atoms with E-state index in [-0.39, 0.29) is 18.0 Å². The van der Waals surface area contributed by atoms with Crippen LogP contribution in [0.2, 0.25) is 0 Å². The van der Waals surface area contributed by atoms with Crippen molar-refractivity contribution in [3.8, 4) is 0 Å². The fourth-order valence-corrected chi connectivity index (χ4v) is 3.69. The van der Waals surface area contributed by atoms with Crippen LogP contribution in [0, 0.1) is 0 Å². The van der Waals surface area contributed by atoms with Crippen LogP contribution < -0.4 is 0 Å². The quantitative estimate of drug-likeness (QED) is 0.819. The van der Waals surface area contributed by atoms with Crippen LogP contribution in [0.25, 0.3) is 0 Å². The second kappa shape index (κ2) is 6.52. The number of sulfonamides is 1. The molecule has 0 saturated carbocycles. The minimum Gasteiger partial charge on any atom is -0.396 e. The van der Waals surface area contributed by atoms with Gasteiger partial charge in [0.1, 0.15) is 0 Å². The molecule has 0 unspecified atom stereocenters. The zero-order valence-corrected chi connectivity index (χ0v) is 13.2. The summed E-state index contributed by atoms with van der Waals surface area (Å²) in [5.74, 6) is 0. The molecule has 0 aliphatic carbocycles. The number of hydrogen-bond donors (Lipinski definition) is 1. The predicted octanol–water partition coefficient (Wildman–Crippen LogP) is 2.20. The maximum absolute atomic E-state index is 12.7. The van der Waals surface area contributed by atoms with Crippen LogP contribution in [0.4, 0.5) is 0 Å². The number of aliphatic hydroxyl groups is 1. The van der Waals surface area contributed by atoms with Gasteiger partial charge in [-0.05, 0) is 44.9 Å². The Labute approximate surface area is 121 Å². The lowest BCUT2D eigenvalue weighted by Gasteiger charge is -2.33. The Hall–Kier alpha value is -1.17. The number of nitrogens with zero attached hydrogens (tertiary/aromatic N) is 1. The molecule has 1 N–H and O–H groups in total. The van der Waals surface area contributed by atoms with Crippen LogP contribution >= 0.6 is 0 Å². The van der Waals surface area contributed by atoms with Gasteiger partial charge in [0.25, 0.3) is 0 Å². The van der Waals surface area contributed by atoms with Crippen molar-refractivity contribution in [1.29, 1.82) is 0 Å². The Kier molecular flexibility index (Phi) is 5.50. The van der Waals surface area contributed by atoms with Crippen LogP contribution in [-0.4, -0.2) is 36.5 Å². The van der Waals surface area contributed by atoms with E-state index in [2.05, 4.69) is 6.58 Å².